The van der Waals surface area contributed by atoms with E-state index >= 15 is 0 Å². The van der Waals surface area contributed by atoms with Crippen LogP contribution in [0.1, 0.15) is 25.6 Å². The number of nitrogens with zero attached hydrogens (tertiary/aromatic N) is 2. The average Bonchev–Trinajstić information content (AvgIpc) is 2.23. The summed E-state index contributed by atoms with van der Waals surface area (Å²) >= 11 is 0. The third kappa shape index (κ3) is 3.56. The van der Waals surface area contributed by atoms with Crippen molar-refractivity contribution in [3.8, 4) is 0 Å². The molecule has 1 aromatic rings. The highest BCUT2D eigenvalue weighted by molar-refractivity contribution is 5.48. The summed E-state index contributed by atoms with van der Waals surface area (Å²) < 4.78 is 0. The van der Waals surface area contributed by atoms with Crippen LogP contribution in [0.5, 0.6) is 0 Å². The minimum absolute atomic E-state index is 0.507. The van der Waals surface area contributed by atoms with Gasteiger partial charge in [-0.25, -0.2) is 9.97 Å². The third-order valence-electron chi connectivity index (χ3n) is 2.81. The van der Waals surface area contributed by atoms with E-state index in [4.69, 9.17) is 0 Å². The van der Waals surface area contributed by atoms with Gasteiger partial charge in [0.15, 0.2) is 0 Å². The number of anilines is 2. The Hall–Kier alpha value is -1.36. The zero-order chi connectivity index (χ0) is 12.1. The summed E-state index contributed by atoms with van der Waals surface area (Å²) in [5.41, 5.74) is 0. The molecule has 0 radical (unpaired) electrons. The minimum Gasteiger partial charge on any atom is -0.370 e. The van der Waals surface area contributed by atoms with Crippen LogP contribution in [0.3, 0.4) is 0 Å². The molecule has 1 fully saturated rings. The molecule has 0 aliphatic carbocycles. The first-order valence-corrected chi connectivity index (χ1v) is 6.34. The van der Waals surface area contributed by atoms with Crippen LogP contribution in [0.4, 0.5) is 11.6 Å². The molecule has 0 bridgehead atoms. The highest BCUT2D eigenvalue weighted by Crippen LogP contribution is 2.13. The predicted octanol–water partition coefficient (Wildman–Crippen LogP) is 1.38. The molecular weight excluding hydrogens is 214 g/mol. The van der Waals surface area contributed by atoms with Gasteiger partial charge in [0.1, 0.15) is 17.5 Å². The maximum atomic E-state index is 4.39. The Morgan fingerprint density at radius 3 is 2.76 bits per heavy atom. The molecule has 1 aliphatic heterocycles. The molecule has 0 spiro atoms. The lowest BCUT2D eigenvalue weighted by Gasteiger charge is -2.28. The van der Waals surface area contributed by atoms with Crippen molar-refractivity contribution in [2.75, 3.05) is 30.3 Å². The summed E-state index contributed by atoms with van der Waals surface area (Å²) in [5, 5.41) is 9.96. The lowest BCUT2D eigenvalue weighted by molar-refractivity contribution is 0.471. The number of unbranched alkanes of at least 4 members (excludes halogenated alkanes) is 1. The van der Waals surface area contributed by atoms with Crippen LogP contribution in [0, 0.1) is 6.92 Å². The minimum atomic E-state index is 0.507. The van der Waals surface area contributed by atoms with Crippen molar-refractivity contribution in [2.45, 2.75) is 32.7 Å². The van der Waals surface area contributed by atoms with Crippen LogP contribution < -0.4 is 16.0 Å². The summed E-state index contributed by atoms with van der Waals surface area (Å²) in [6, 6.07) is 2.49. The molecule has 2 heterocycles. The number of aryl methyl sites for hydroxylation is 1. The van der Waals surface area contributed by atoms with Crippen LogP contribution in [-0.4, -0.2) is 35.6 Å². The van der Waals surface area contributed by atoms with E-state index in [1.165, 1.54) is 12.8 Å². The van der Waals surface area contributed by atoms with Gasteiger partial charge >= 0.3 is 0 Å². The van der Waals surface area contributed by atoms with Crippen LogP contribution in [0.15, 0.2) is 6.07 Å². The largest absolute Gasteiger partial charge is 0.370 e. The summed E-state index contributed by atoms with van der Waals surface area (Å²) in [6.45, 7) is 7.11. The SMILES string of the molecule is CCCCNc1cc(NC2CNC2)nc(C)n1. The first-order chi connectivity index (χ1) is 8.28. The van der Waals surface area contributed by atoms with Gasteiger partial charge in [0.05, 0.1) is 6.04 Å². The van der Waals surface area contributed by atoms with Gasteiger partial charge in [0.25, 0.3) is 0 Å². The Balaban J connectivity index is 1.95. The van der Waals surface area contributed by atoms with E-state index in [0.29, 0.717) is 6.04 Å². The van der Waals surface area contributed by atoms with E-state index < -0.39 is 0 Å². The smallest absolute Gasteiger partial charge is 0.132 e. The molecule has 1 aliphatic rings. The molecule has 1 aromatic heterocycles. The first-order valence-electron chi connectivity index (χ1n) is 6.34. The van der Waals surface area contributed by atoms with Gasteiger partial charge in [-0.2, -0.15) is 0 Å². The van der Waals surface area contributed by atoms with Gasteiger partial charge in [-0.15, -0.1) is 0 Å². The summed E-state index contributed by atoms with van der Waals surface area (Å²) in [7, 11) is 0. The van der Waals surface area contributed by atoms with Crippen molar-refractivity contribution in [3.05, 3.63) is 11.9 Å². The molecule has 5 nitrogen and oxygen atoms in total. The molecule has 0 amide bonds. The van der Waals surface area contributed by atoms with E-state index in [-0.39, 0.29) is 0 Å². The Kier molecular flexibility index (Phi) is 4.14. The Labute approximate surface area is 102 Å². The zero-order valence-corrected chi connectivity index (χ0v) is 10.6. The van der Waals surface area contributed by atoms with Crippen molar-refractivity contribution >= 4 is 11.6 Å². The maximum absolute atomic E-state index is 4.39. The molecule has 3 N–H and O–H groups in total. The number of hydrogen-bond acceptors (Lipinski definition) is 5. The molecule has 5 heteroatoms. The van der Waals surface area contributed by atoms with E-state index in [9.17, 15) is 0 Å². The third-order valence-corrected chi connectivity index (χ3v) is 2.81. The van der Waals surface area contributed by atoms with Crippen molar-refractivity contribution in [3.63, 3.8) is 0 Å². The number of rotatable bonds is 6. The summed E-state index contributed by atoms with van der Waals surface area (Å²) in [6.07, 6.45) is 2.36. The maximum Gasteiger partial charge on any atom is 0.132 e. The predicted molar refractivity (Wildman–Crippen MR) is 70.4 cm³/mol. The standard InChI is InChI=1S/C12H21N5/c1-3-4-5-14-11-6-12(16-9(2)15-11)17-10-7-13-8-10/h6,10,13H,3-5,7-8H2,1-2H3,(H2,14,15,16,17). The molecule has 0 aromatic carbocycles. The van der Waals surface area contributed by atoms with Crippen LogP contribution >= 0.6 is 0 Å². The second-order valence-electron chi connectivity index (χ2n) is 4.47. The molecule has 94 valence electrons. The van der Waals surface area contributed by atoms with E-state index in [1.54, 1.807) is 0 Å². The van der Waals surface area contributed by atoms with E-state index in [0.717, 1.165) is 37.1 Å². The van der Waals surface area contributed by atoms with Crippen LogP contribution in [-0.2, 0) is 0 Å². The second kappa shape index (κ2) is 5.82. The Morgan fingerprint density at radius 2 is 2.12 bits per heavy atom. The van der Waals surface area contributed by atoms with Crippen molar-refractivity contribution in [2.24, 2.45) is 0 Å². The fourth-order valence-electron chi connectivity index (χ4n) is 1.73. The van der Waals surface area contributed by atoms with Gasteiger partial charge in [-0.3, -0.25) is 0 Å². The summed E-state index contributed by atoms with van der Waals surface area (Å²) in [4.78, 5) is 8.77. The van der Waals surface area contributed by atoms with E-state index in [1.807, 2.05) is 13.0 Å². The quantitative estimate of drug-likeness (QED) is 0.650. The van der Waals surface area contributed by atoms with E-state index in [2.05, 4.69) is 32.8 Å². The normalized spacial score (nSPS) is 15.4. The molecule has 1 saturated heterocycles. The van der Waals surface area contributed by atoms with Gasteiger partial charge < -0.3 is 16.0 Å². The molecule has 17 heavy (non-hydrogen) atoms. The Bertz CT molecular complexity index is 362. The van der Waals surface area contributed by atoms with Crippen molar-refractivity contribution in [1.29, 1.82) is 0 Å². The van der Waals surface area contributed by atoms with Gasteiger partial charge in [0.2, 0.25) is 0 Å². The van der Waals surface area contributed by atoms with Crippen molar-refractivity contribution in [1.82, 2.24) is 15.3 Å². The molecule has 0 unspecified atom stereocenters. The van der Waals surface area contributed by atoms with Gasteiger partial charge in [0, 0.05) is 25.7 Å². The average molecular weight is 235 g/mol. The number of nitrogens with one attached hydrogen (secondary N) is 3. The fraction of sp³-hybridized carbons (Fsp3) is 0.667. The molecule has 2 rings (SSSR count). The molecule has 0 atom stereocenters. The second-order valence-corrected chi connectivity index (χ2v) is 4.47. The summed E-state index contributed by atoms with van der Waals surface area (Å²) in [5.74, 6) is 2.64. The Morgan fingerprint density at radius 1 is 1.35 bits per heavy atom. The van der Waals surface area contributed by atoms with Crippen LogP contribution in [0.25, 0.3) is 0 Å². The topological polar surface area (TPSA) is 61.9 Å². The highest BCUT2D eigenvalue weighted by Gasteiger charge is 2.16. The fourth-order valence-corrected chi connectivity index (χ4v) is 1.73. The highest BCUT2D eigenvalue weighted by atomic mass is 15.1. The van der Waals surface area contributed by atoms with Crippen LogP contribution in [0.2, 0.25) is 0 Å². The molecular formula is C12H21N5. The lowest BCUT2D eigenvalue weighted by atomic mass is 10.2. The zero-order valence-electron chi connectivity index (χ0n) is 10.6. The monoisotopic (exact) mass is 235 g/mol. The van der Waals surface area contributed by atoms with Gasteiger partial charge in [-0.05, 0) is 13.3 Å². The number of aromatic nitrogens is 2. The number of hydrogen-bond donors (Lipinski definition) is 3. The van der Waals surface area contributed by atoms with Gasteiger partial charge in [-0.1, -0.05) is 13.3 Å². The van der Waals surface area contributed by atoms with Crippen molar-refractivity contribution < 1.29 is 0 Å². The lowest BCUT2D eigenvalue weighted by Crippen LogP contribution is -2.51. The molecule has 0 saturated carbocycles. The first kappa shape index (κ1) is 12.1.